The summed E-state index contributed by atoms with van der Waals surface area (Å²) in [5, 5.41) is 22.9. The Labute approximate surface area is 207 Å². The second-order valence-electron chi connectivity index (χ2n) is 9.58. The molecule has 3 aromatic rings. The normalized spacial score (nSPS) is 25.0. The van der Waals surface area contributed by atoms with Crippen LogP contribution < -0.4 is 19.7 Å². The predicted molar refractivity (Wildman–Crippen MR) is 130 cm³/mol. The number of piperidine rings is 1. The maximum absolute atomic E-state index is 15.3. The number of phenolic OH excluding ortho intramolecular Hbond substituents is 1. The zero-order valence-corrected chi connectivity index (χ0v) is 20.1. The summed E-state index contributed by atoms with van der Waals surface area (Å²) in [5.74, 6) is 0.986. The minimum Gasteiger partial charge on any atom is -0.507 e. The van der Waals surface area contributed by atoms with Gasteiger partial charge in [-0.2, -0.15) is 0 Å². The number of aromatic nitrogens is 5. The van der Waals surface area contributed by atoms with Crippen LogP contribution in [0.4, 0.5) is 10.3 Å². The van der Waals surface area contributed by atoms with E-state index in [0.29, 0.717) is 34.5 Å². The van der Waals surface area contributed by atoms with Crippen LogP contribution in [0.2, 0.25) is 0 Å². The maximum atomic E-state index is 15.3. The molecule has 1 aliphatic carbocycles. The van der Waals surface area contributed by atoms with Gasteiger partial charge in [0.15, 0.2) is 0 Å². The Morgan fingerprint density at radius 2 is 1.81 bits per heavy atom. The lowest BCUT2D eigenvalue weighted by Gasteiger charge is -2.40. The number of aromatic hydroxyl groups is 1. The average Bonchev–Trinajstić information content (AvgIpc) is 3.66. The second-order valence-corrected chi connectivity index (χ2v) is 9.58. The number of alkyl halides is 1. The van der Waals surface area contributed by atoms with Crippen LogP contribution in [0.5, 0.6) is 17.5 Å². The van der Waals surface area contributed by atoms with E-state index in [2.05, 4.69) is 30.5 Å². The molecule has 0 unspecified atom stereocenters. The van der Waals surface area contributed by atoms with Crippen molar-refractivity contribution >= 4 is 5.95 Å². The predicted octanol–water partition coefficient (Wildman–Crippen LogP) is 2.92. The summed E-state index contributed by atoms with van der Waals surface area (Å²) in [7, 11) is 2.98. The summed E-state index contributed by atoms with van der Waals surface area (Å²) in [6.45, 7) is 0. The first-order valence-electron chi connectivity index (χ1n) is 12.2. The molecule has 0 spiro atoms. The molecule has 4 atom stereocenters. The van der Waals surface area contributed by atoms with Crippen molar-refractivity contribution in [2.45, 2.75) is 62.4 Å². The standard InChI is InChI=1S/C25H28FN7O3/c1-35-23-24(36-2)30-18(11-27-23)13-3-7-16(21(34)9-13)19-12-28-25(32-31-19)33(15-5-6-15)20-10-14-4-8-17(29-14)22(20)26/h3,7,9,11-12,14-15,17,20,22,29,34H,4-6,8,10H2,1-2H3/t14-,17-,20-,22+/m0/s1. The fraction of sp³-hybridized carbons (Fsp3) is 0.480. The number of nitrogens with zero attached hydrogens (tertiary/aromatic N) is 6. The third-order valence-electron chi connectivity index (χ3n) is 7.30. The Morgan fingerprint density at radius 3 is 2.50 bits per heavy atom. The number of fused-ring (bicyclic) bond motifs is 2. The third kappa shape index (κ3) is 4.06. The first-order chi connectivity index (χ1) is 17.6. The van der Waals surface area contributed by atoms with Gasteiger partial charge in [-0.3, -0.25) is 0 Å². The lowest BCUT2D eigenvalue weighted by molar-refractivity contribution is 0.171. The molecule has 36 heavy (non-hydrogen) atoms. The number of anilines is 1. The van der Waals surface area contributed by atoms with Gasteiger partial charge >= 0.3 is 0 Å². The molecule has 0 radical (unpaired) electrons. The molecule has 11 heteroatoms. The number of hydrogen-bond acceptors (Lipinski definition) is 10. The molecule has 2 aromatic heterocycles. The molecule has 4 heterocycles. The van der Waals surface area contributed by atoms with E-state index in [1.165, 1.54) is 14.2 Å². The summed E-state index contributed by atoms with van der Waals surface area (Å²) in [6, 6.07) is 5.40. The zero-order valence-electron chi connectivity index (χ0n) is 20.1. The molecule has 0 amide bonds. The fourth-order valence-electron chi connectivity index (χ4n) is 5.37. The lowest BCUT2D eigenvalue weighted by Crippen LogP contribution is -2.57. The highest BCUT2D eigenvalue weighted by molar-refractivity contribution is 5.72. The molecule has 2 N–H and O–H groups in total. The van der Waals surface area contributed by atoms with Crippen LogP contribution in [-0.4, -0.2) is 74.8 Å². The topological polar surface area (TPSA) is 118 Å². The SMILES string of the molecule is COc1ncc(-c2ccc(-c3cnc(N(C4CC4)[C@H]4C[C@@H]5CC[C@H](N5)[C@H]4F)nn3)c(O)c2)nc1OC. The van der Waals surface area contributed by atoms with E-state index in [9.17, 15) is 5.11 Å². The summed E-state index contributed by atoms with van der Waals surface area (Å²) < 4.78 is 25.6. The highest BCUT2D eigenvalue weighted by Gasteiger charge is 2.48. The Balaban J connectivity index is 1.25. The highest BCUT2D eigenvalue weighted by atomic mass is 19.1. The van der Waals surface area contributed by atoms with Crippen molar-refractivity contribution in [1.29, 1.82) is 0 Å². The summed E-state index contributed by atoms with van der Waals surface area (Å²) in [6.07, 6.45) is 6.85. The number of phenols is 1. The second kappa shape index (κ2) is 9.12. The number of benzene rings is 1. The summed E-state index contributed by atoms with van der Waals surface area (Å²) in [5.41, 5.74) is 2.08. The Kier molecular flexibility index (Phi) is 5.79. The van der Waals surface area contributed by atoms with Gasteiger partial charge in [-0.15, -0.1) is 10.2 Å². The zero-order chi connectivity index (χ0) is 24.8. The Bertz CT molecular complexity index is 1260. The molecular formula is C25H28FN7O3. The number of hydrogen-bond donors (Lipinski definition) is 2. The van der Waals surface area contributed by atoms with Gasteiger partial charge in [-0.25, -0.2) is 19.3 Å². The molecule has 6 rings (SSSR count). The van der Waals surface area contributed by atoms with Gasteiger partial charge in [0.25, 0.3) is 11.8 Å². The van der Waals surface area contributed by atoms with Crippen molar-refractivity contribution in [2.24, 2.45) is 0 Å². The van der Waals surface area contributed by atoms with Crippen LogP contribution in [0.15, 0.2) is 30.6 Å². The average molecular weight is 494 g/mol. The Morgan fingerprint density at radius 1 is 1.00 bits per heavy atom. The van der Waals surface area contributed by atoms with Gasteiger partial charge in [0.05, 0.1) is 38.3 Å². The van der Waals surface area contributed by atoms with Gasteiger partial charge < -0.3 is 24.8 Å². The van der Waals surface area contributed by atoms with E-state index in [4.69, 9.17) is 9.47 Å². The molecule has 3 fully saturated rings. The first-order valence-corrected chi connectivity index (χ1v) is 12.2. The minimum atomic E-state index is -0.955. The summed E-state index contributed by atoms with van der Waals surface area (Å²) in [4.78, 5) is 15.2. The van der Waals surface area contributed by atoms with E-state index in [1.54, 1.807) is 30.6 Å². The minimum absolute atomic E-state index is 0.00531. The summed E-state index contributed by atoms with van der Waals surface area (Å²) >= 11 is 0. The van der Waals surface area contributed by atoms with Crippen molar-refractivity contribution in [3.63, 3.8) is 0 Å². The molecule has 2 bridgehead atoms. The number of nitrogens with one attached hydrogen (secondary N) is 1. The molecule has 10 nitrogen and oxygen atoms in total. The lowest BCUT2D eigenvalue weighted by atomic mass is 9.96. The van der Waals surface area contributed by atoms with Gasteiger partial charge in [0.1, 0.15) is 17.6 Å². The molecule has 188 valence electrons. The van der Waals surface area contributed by atoms with Crippen molar-refractivity contribution in [2.75, 3.05) is 19.1 Å². The van der Waals surface area contributed by atoms with Crippen LogP contribution in [-0.2, 0) is 0 Å². The maximum Gasteiger partial charge on any atom is 0.278 e. The molecular weight excluding hydrogens is 465 g/mol. The fourth-order valence-corrected chi connectivity index (χ4v) is 5.37. The van der Waals surface area contributed by atoms with Crippen LogP contribution in [0.1, 0.15) is 32.1 Å². The van der Waals surface area contributed by atoms with E-state index in [0.717, 1.165) is 32.1 Å². The van der Waals surface area contributed by atoms with E-state index in [1.807, 2.05) is 4.90 Å². The Hall–Kier alpha value is -3.60. The largest absolute Gasteiger partial charge is 0.507 e. The molecule has 1 aromatic carbocycles. The van der Waals surface area contributed by atoms with Gasteiger partial charge in [0.2, 0.25) is 5.95 Å². The number of ether oxygens (including phenoxy) is 2. The first kappa shape index (κ1) is 22.8. The van der Waals surface area contributed by atoms with Gasteiger partial charge in [-0.05, 0) is 44.2 Å². The van der Waals surface area contributed by atoms with Crippen LogP contribution in [0.3, 0.4) is 0 Å². The van der Waals surface area contributed by atoms with E-state index in [-0.39, 0.29) is 35.6 Å². The van der Waals surface area contributed by atoms with E-state index < -0.39 is 6.17 Å². The molecule has 2 aliphatic heterocycles. The van der Waals surface area contributed by atoms with Crippen molar-refractivity contribution < 1.29 is 19.0 Å². The third-order valence-corrected chi connectivity index (χ3v) is 7.30. The number of halogens is 1. The van der Waals surface area contributed by atoms with E-state index >= 15 is 4.39 Å². The molecule has 3 aliphatic rings. The smallest absolute Gasteiger partial charge is 0.278 e. The molecule has 1 saturated carbocycles. The van der Waals surface area contributed by atoms with Crippen molar-refractivity contribution in [3.05, 3.63) is 30.6 Å². The number of methoxy groups -OCH3 is 2. The van der Waals surface area contributed by atoms with Crippen LogP contribution in [0, 0.1) is 0 Å². The highest BCUT2D eigenvalue weighted by Crippen LogP contribution is 2.40. The van der Waals surface area contributed by atoms with Gasteiger partial charge in [-0.1, -0.05) is 6.07 Å². The molecule has 2 saturated heterocycles. The van der Waals surface area contributed by atoms with Crippen LogP contribution >= 0.6 is 0 Å². The number of rotatable bonds is 7. The van der Waals surface area contributed by atoms with Gasteiger partial charge in [0, 0.05) is 29.3 Å². The quantitative estimate of drug-likeness (QED) is 0.509. The monoisotopic (exact) mass is 493 g/mol. The van der Waals surface area contributed by atoms with Crippen molar-refractivity contribution in [1.82, 2.24) is 30.5 Å². The van der Waals surface area contributed by atoms with Crippen molar-refractivity contribution in [3.8, 4) is 40.0 Å². The van der Waals surface area contributed by atoms with Crippen LogP contribution in [0.25, 0.3) is 22.5 Å².